The average Bonchev–Trinajstić information content (AvgIpc) is 3.15. The second kappa shape index (κ2) is 5.96. The van der Waals surface area contributed by atoms with E-state index in [9.17, 15) is 5.11 Å². The van der Waals surface area contributed by atoms with Gasteiger partial charge in [-0.3, -0.25) is 4.90 Å². The van der Waals surface area contributed by atoms with E-state index >= 15 is 0 Å². The first kappa shape index (κ1) is 15.6. The van der Waals surface area contributed by atoms with Gasteiger partial charge in [-0.25, -0.2) is 0 Å². The van der Waals surface area contributed by atoms with Crippen molar-refractivity contribution in [1.82, 2.24) is 4.90 Å². The van der Waals surface area contributed by atoms with Crippen LogP contribution in [0, 0.1) is 5.41 Å². The number of rotatable bonds is 2. The number of nitrogens with zero attached hydrogens (tertiary/aromatic N) is 1. The Morgan fingerprint density at radius 3 is 2.72 bits per heavy atom. The van der Waals surface area contributed by atoms with Gasteiger partial charge < -0.3 is 5.11 Å². The summed E-state index contributed by atoms with van der Waals surface area (Å²) < 4.78 is 0. The SMILES string of the molecule is O[C@@H]1CCC[C@@]12CCCN(Cc1ccc3c(c1)Cc1ccccc1-3)C2. The van der Waals surface area contributed by atoms with Crippen molar-refractivity contribution >= 4 is 0 Å². The fourth-order valence-corrected chi connectivity index (χ4v) is 5.54. The van der Waals surface area contributed by atoms with Crippen LogP contribution < -0.4 is 0 Å². The average molecular weight is 333 g/mol. The van der Waals surface area contributed by atoms with E-state index < -0.39 is 0 Å². The van der Waals surface area contributed by atoms with Crippen LogP contribution in [0.3, 0.4) is 0 Å². The summed E-state index contributed by atoms with van der Waals surface area (Å²) in [7, 11) is 0. The fourth-order valence-electron chi connectivity index (χ4n) is 5.54. The van der Waals surface area contributed by atoms with Gasteiger partial charge in [-0.1, -0.05) is 48.9 Å². The molecule has 1 heterocycles. The van der Waals surface area contributed by atoms with Crippen LogP contribution in [0.1, 0.15) is 48.8 Å². The Morgan fingerprint density at radius 1 is 1.00 bits per heavy atom. The minimum absolute atomic E-state index is 0.0789. The summed E-state index contributed by atoms with van der Waals surface area (Å²) in [6.45, 7) is 3.27. The molecule has 3 aliphatic rings. The van der Waals surface area contributed by atoms with Crippen LogP contribution >= 0.6 is 0 Å². The quantitative estimate of drug-likeness (QED) is 0.752. The van der Waals surface area contributed by atoms with Gasteiger partial charge in [-0.05, 0) is 66.5 Å². The van der Waals surface area contributed by atoms with Crippen molar-refractivity contribution in [3.8, 4) is 11.1 Å². The topological polar surface area (TPSA) is 23.5 Å². The first-order valence-corrected chi connectivity index (χ1v) is 9.84. The van der Waals surface area contributed by atoms with E-state index in [-0.39, 0.29) is 11.5 Å². The van der Waals surface area contributed by atoms with E-state index in [1.807, 2.05) is 0 Å². The van der Waals surface area contributed by atoms with Crippen LogP contribution in [0.2, 0.25) is 0 Å². The number of hydrogen-bond acceptors (Lipinski definition) is 2. The van der Waals surface area contributed by atoms with Crippen LogP contribution in [0.4, 0.5) is 0 Å². The van der Waals surface area contributed by atoms with E-state index in [0.29, 0.717) is 0 Å². The Hall–Kier alpha value is -1.64. The third kappa shape index (κ3) is 2.63. The number of piperidine rings is 1. The molecule has 2 aliphatic carbocycles. The van der Waals surface area contributed by atoms with Crippen molar-refractivity contribution in [2.45, 2.75) is 51.2 Å². The summed E-state index contributed by atoms with van der Waals surface area (Å²) in [5, 5.41) is 10.5. The van der Waals surface area contributed by atoms with Crippen LogP contribution in [-0.2, 0) is 13.0 Å². The van der Waals surface area contributed by atoms with E-state index in [4.69, 9.17) is 0 Å². The van der Waals surface area contributed by atoms with E-state index in [0.717, 1.165) is 25.9 Å². The van der Waals surface area contributed by atoms with Crippen molar-refractivity contribution < 1.29 is 5.11 Å². The van der Waals surface area contributed by atoms with Crippen molar-refractivity contribution in [2.75, 3.05) is 13.1 Å². The minimum atomic E-state index is -0.0789. The lowest BCUT2D eigenvalue weighted by Gasteiger charge is -2.42. The van der Waals surface area contributed by atoms with Gasteiger partial charge in [0.1, 0.15) is 0 Å². The van der Waals surface area contributed by atoms with E-state index in [1.54, 1.807) is 0 Å². The molecular weight excluding hydrogens is 306 g/mol. The van der Waals surface area contributed by atoms with Crippen molar-refractivity contribution in [1.29, 1.82) is 0 Å². The maximum absolute atomic E-state index is 10.5. The summed E-state index contributed by atoms with van der Waals surface area (Å²) in [6.07, 6.45) is 6.85. The molecule has 0 bridgehead atoms. The normalized spacial score (nSPS) is 28.3. The number of aliphatic hydroxyl groups is 1. The smallest absolute Gasteiger partial charge is 0.0608 e. The highest BCUT2D eigenvalue weighted by Gasteiger charge is 2.44. The zero-order valence-corrected chi connectivity index (χ0v) is 14.9. The first-order chi connectivity index (χ1) is 12.2. The largest absolute Gasteiger partial charge is 0.393 e. The molecule has 5 rings (SSSR count). The van der Waals surface area contributed by atoms with Gasteiger partial charge in [0.15, 0.2) is 0 Å². The maximum atomic E-state index is 10.5. The summed E-state index contributed by atoms with van der Waals surface area (Å²) in [5.74, 6) is 0. The zero-order chi connectivity index (χ0) is 16.9. The minimum Gasteiger partial charge on any atom is -0.393 e. The number of benzene rings is 2. The van der Waals surface area contributed by atoms with Gasteiger partial charge >= 0.3 is 0 Å². The highest BCUT2D eigenvalue weighted by Crippen LogP contribution is 2.45. The Labute approximate surface area is 150 Å². The maximum Gasteiger partial charge on any atom is 0.0608 e. The third-order valence-corrected chi connectivity index (χ3v) is 6.81. The second-order valence-electron chi connectivity index (χ2n) is 8.41. The highest BCUT2D eigenvalue weighted by molar-refractivity contribution is 5.76. The standard InChI is InChI=1S/C23H27NO/c25-22-7-3-10-23(22)11-4-12-24(16-23)15-17-8-9-21-19(13-17)14-18-5-1-2-6-20(18)21/h1-2,5-6,8-9,13,22,25H,3-4,7,10-12,14-16H2/t22-,23+/m1/s1. The van der Waals surface area contributed by atoms with Gasteiger partial charge in [0.25, 0.3) is 0 Å². The van der Waals surface area contributed by atoms with Crippen LogP contribution in [-0.4, -0.2) is 29.2 Å². The summed E-state index contributed by atoms with van der Waals surface area (Å²) >= 11 is 0. The molecule has 2 heteroatoms. The predicted molar refractivity (Wildman–Crippen MR) is 101 cm³/mol. The first-order valence-electron chi connectivity index (χ1n) is 9.84. The highest BCUT2D eigenvalue weighted by atomic mass is 16.3. The zero-order valence-electron chi connectivity index (χ0n) is 14.9. The molecular formula is C23H27NO. The molecule has 2 nitrogen and oxygen atoms in total. The Kier molecular flexibility index (Phi) is 3.72. The molecule has 25 heavy (non-hydrogen) atoms. The Balaban J connectivity index is 1.35. The second-order valence-corrected chi connectivity index (χ2v) is 8.41. The molecule has 1 saturated heterocycles. The summed E-state index contributed by atoms with van der Waals surface area (Å²) in [4.78, 5) is 2.59. The molecule has 130 valence electrons. The molecule has 0 unspecified atom stereocenters. The van der Waals surface area contributed by atoms with Gasteiger partial charge in [0, 0.05) is 18.5 Å². The van der Waals surface area contributed by atoms with Crippen molar-refractivity contribution in [3.05, 3.63) is 59.2 Å². The van der Waals surface area contributed by atoms with E-state index in [1.165, 1.54) is 60.0 Å². The van der Waals surface area contributed by atoms with Gasteiger partial charge in [-0.15, -0.1) is 0 Å². The molecule has 0 radical (unpaired) electrons. The molecule has 1 saturated carbocycles. The Bertz CT molecular complexity index is 798. The number of hydrogen-bond donors (Lipinski definition) is 1. The van der Waals surface area contributed by atoms with Gasteiger partial charge in [0.05, 0.1) is 6.10 Å². The van der Waals surface area contributed by atoms with Crippen LogP contribution in [0.15, 0.2) is 42.5 Å². The molecule has 2 fully saturated rings. The predicted octanol–water partition coefficient (Wildman–Crippen LogP) is 4.38. The van der Waals surface area contributed by atoms with Crippen LogP contribution in [0.5, 0.6) is 0 Å². The molecule has 2 atom stereocenters. The third-order valence-electron chi connectivity index (χ3n) is 6.81. The van der Waals surface area contributed by atoms with Crippen molar-refractivity contribution in [2.24, 2.45) is 5.41 Å². The molecule has 1 N–H and O–H groups in total. The molecule has 2 aromatic carbocycles. The summed E-state index contributed by atoms with van der Waals surface area (Å²) in [6, 6.07) is 15.8. The van der Waals surface area contributed by atoms with E-state index in [2.05, 4.69) is 47.4 Å². The lowest BCUT2D eigenvalue weighted by Crippen LogP contribution is -2.46. The number of aliphatic hydroxyl groups excluding tert-OH is 1. The monoisotopic (exact) mass is 333 g/mol. The van der Waals surface area contributed by atoms with Crippen LogP contribution in [0.25, 0.3) is 11.1 Å². The lowest BCUT2D eigenvalue weighted by atomic mass is 9.76. The van der Waals surface area contributed by atoms with Gasteiger partial charge in [0.2, 0.25) is 0 Å². The molecule has 1 spiro atoms. The fraction of sp³-hybridized carbons (Fsp3) is 0.478. The van der Waals surface area contributed by atoms with Crippen molar-refractivity contribution in [3.63, 3.8) is 0 Å². The molecule has 1 aliphatic heterocycles. The number of fused-ring (bicyclic) bond motifs is 3. The molecule has 0 amide bonds. The molecule has 2 aromatic rings. The van der Waals surface area contributed by atoms with Gasteiger partial charge in [-0.2, -0.15) is 0 Å². The summed E-state index contributed by atoms with van der Waals surface area (Å²) in [5.41, 5.74) is 7.38. The Morgan fingerprint density at radius 2 is 1.84 bits per heavy atom. The molecule has 0 aromatic heterocycles. The lowest BCUT2D eigenvalue weighted by molar-refractivity contribution is -0.0120. The number of likely N-dealkylation sites (tertiary alicyclic amines) is 1.